The Labute approximate surface area is 110 Å². The summed E-state index contributed by atoms with van der Waals surface area (Å²) in [4.78, 5) is 0. The zero-order valence-corrected chi connectivity index (χ0v) is 11.9. The van der Waals surface area contributed by atoms with Crippen molar-refractivity contribution < 1.29 is 14.0 Å². The molecule has 4 heteroatoms. The first kappa shape index (κ1) is 12.7. The second-order valence-corrected chi connectivity index (χ2v) is 6.85. The Balaban J connectivity index is 1.71. The predicted molar refractivity (Wildman–Crippen MR) is 71.3 cm³/mol. The van der Waals surface area contributed by atoms with Crippen LogP contribution in [-0.4, -0.2) is 30.5 Å². The molecule has 18 heavy (non-hydrogen) atoms. The first-order chi connectivity index (χ1) is 8.34. The summed E-state index contributed by atoms with van der Waals surface area (Å²) in [5, 5.41) is 0. The first-order valence-electron chi connectivity index (χ1n) is 7.02. The zero-order valence-electron chi connectivity index (χ0n) is 11.9. The minimum absolute atomic E-state index is 0.160. The van der Waals surface area contributed by atoms with Crippen LogP contribution in [0.5, 0.6) is 0 Å². The fourth-order valence-electron chi connectivity index (χ4n) is 2.85. The van der Waals surface area contributed by atoms with E-state index in [0.717, 1.165) is 25.9 Å². The molecule has 0 bridgehead atoms. The van der Waals surface area contributed by atoms with Crippen LogP contribution in [0.2, 0.25) is 0 Å². The molecule has 2 saturated heterocycles. The van der Waals surface area contributed by atoms with Crippen molar-refractivity contribution in [1.82, 2.24) is 0 Å². The molecule has 0 N–H and O–H groups in total. The molecular formula is C14H23BO3. The molecule has 2 fully saturated rings. The standard InChI is InChI=1S/C14H23BO3/c1-12(2)13(3,4)18-15(17-12)11-5-7-14(8-6-11)9-10-16-14/h5H,6-10H2,1-4H3. The van der Waals surface area contributed by atoms with E-state index in [4.69, 9.17) is 14.0 Å². The van der Waals surface area contributed by atoms with Gasteiger partial charge in [-0.25, -0.2) is 0 Å². The molecule has 0 saturated carbocycles. The molecule has 0 amide bonds. The monoisotopic (exact) mass is 250 g/mol. The summed E-state index contributed by atoms with van der Waals surface area (Å²) in [5.74, 6) is 0. The third-order valence-electron chi connectivity index (χ3n) is 5.13. The minimum atomic E-state index is -0.236. The van der Waals surface area contributed by atoms with Crippen LogP contribution in [0.1, 0.15) is 53.4 Å². The van der Waals surface area contributed by atoms with Gasteiger partial charge in [0.05, 0.1) is 23.4 Å². The lowest BCUT2D eigenvalue weighted by Gasteiger charge is -2.44. The molecule has 100 valence electrons. The summed E-state index contributed by atoms with van der Waals surface area (Å²) < 4.78 is 17.9. The maximum atomic E-state index is 6.09. The second kappa shape index (κ2) is 3.84. The number of hydrogen-bond acceptors (Lipinski definition) is 3. The van der Waals surface area contributed by atoms with Gasteiger partial charge in [-0.05, 0) is 52.4 Å². The van der Waals surface area contributed by atoms with Crippen molar-refractivity contribution in [2.24, 2.45) is 0 Å². The summed E-state index contributed by atoms with van der Waals surface area (Å²) >= 11 is 0. The van der Waals surface area contributed by atoms with E-state index in [1.54, 1.807) is 0 Å². The van der Waals surface area contributed by atoms with Gasteiger partial charge in [0.15, 0.2) is 0 Å². The van der Waals surface area contributed by atoms with E-state index in [1.807, 2.05) is 0 Å². The van der Waals surface area contributed by atoms with Crippen LogP contribution >= 0.6 is 0 Å². The Bertz CT molecular complexity index is 367. The fraction of sp³-hybridized carbons (Fsp3) is 0.857. The van der Waals surface area contributed by atoms with Gasteiger partial charge >= 0.3 is 7.12 Å². The van der Waals surface area contributed by atoms with Crippen LogP contribution in [-0.2, 0) is 14.0 Å². The van der Waals surface area contributed by atoms with E-state index in [0.29, 0.717) is 0 Å². The lowest BCUT2D eigenvalue weighted by atomic mass is 9.68. The number of allylic oxidation sites excluding steroid dienone is 1. The van der Waals surface area contributed by atoms with Crippen LogP contribution in [0.25, 0.3) is 0 Å². The lowest BCUT2D eigenvalue weighted by Crippen LogP contribution is -2.45. The van der Waals surface area contributed by atoms with E-state index >= 15 is 0 Å². The largest absolute Gasteiger partial charge is 0.490 e. The molecule has 2 aliphatic heterocycles. The lowest BCUT2D eigenvalue weighted by molar-refractivity contribution is -0.150. The molecule has 0 aromatic heterocycles. The quantitative estimate of drug-likeness (QED) is 0.670. The molecule has 3 rings (SSSR count). The summed E-state index contributed by atoms with van der Waals surface area (Å²) in [5.41, 5.74) is 0.990. The molecule has 1 atom stereocenters. The van der Waals surface area contributed by atoms with Gasteiger partial charge in [0, 0.05) is 6.42 Å². The molecule has 1 aliphatic carbocycles. The smallest absolute Gasteiger partial charge is 0.400 e. The number of hydrogen-bond donors (Lipinski definition) is 0. The average molecular weight is 250 g/mol. The van der Waals surface area contributed by atoms with Gasteiger partial charge in [0.25, 0.3) is 0 Å². The minimum Gasteiger partial charge on any atom is -0.400 e. The van der Waals surface area contributed by atoms with E-state index in [1.165, 1.54) is 11.9 Å². The zero-order chi connectivity index (χ0) is 13.0. The van der Waals surface area contributed by atoms with Crippen LogP contribution in [0.4, 0.5) is 0 Å². The summed E-state index contributed by atoms with van der Waals surface area (Å²) in [7, 11) is -0.160. The third-order valence-corrected chi connectivity index (χ3v) is 5.13. The third kappa shape index (κ3) is 1.86. The van der Waals surface area contributed by atoms with Crippen LogP contribution in [0.3, 0.4) is 0 Å². The molecule has 0 aromatic rings. The van der Waals surface area contributed by atoms with Crippen LogP contribution in [0, 0.1) is 0 Å². The molecule has 3 nitrogen and oxygen atoms in total. The van der Waals surface area contributed by atoms with Gasteiger partial charge in [0.2, 0.25) is 0 Å². The van der Waals surface area contributed by atoms with Gasteiger partial charge < -0.3 is 14.0 Å². The Morgan fingerprint density at radius 3 is 2.06 bits per heavy atom. The Hall–Kier alpha value is -0.315. The molecule has 0 aromatic carbocycles. The Morgan fingerprint density at radius 2 is 1.67 bits per heavy atom. The van der Waals surface area contributed by atoms with Crippen molar-refractivity contribution in [3.8, 4) is 0 Å². The van der Waals surface area contributed by atoms with Crippen molar-refractivity contribution in [2.75, 3.05) is 6.61 Å². The molecular weight excluding hydrogens is 227 g/mol. The number of rotatable bonds is 1. The van der Waals surface area contributed by atoms with Crippen molar-refractivity contribution >= 4 is 7.12 Å². The Kier molecular flexibility index (Phi) is 2.71. The number of ether oxygens (including phenoxy) is 1. The summed E-state index contributed by atoms with van der Waals surface area (Å²) in [6.07, 6.45) is 6.66. The second-order valence-electron chi connectivity index (χ2n) is 6.85. The highest BCUT2D eigenvalue weighted by molar-refractivity contribution is 6.54. The van der Waals surface area contributed by atoms with Gasteiger partial charge in [-0.3, -0.25) is 0 Å². The topological polar surface area (TPSA) is 27.7 Å². The van der Waals surface area contributed by atoms with E-state index in [2.05, 4.69) is 33.8 Å². The Morgan fingerprint density at radius 1 is 1.06 bits per heavy atom. The molecule has 1 spiro atoms. The summed E-state index contributed by atoms with van der Waals surface area (Å²) in [6.45, 7) is 9.35. The van der Waals surface area contributed by atoms with Crippen molar-refractivity contribution in [1.29, 1.82) is 0 Å². The van der Waals surface area contributed by atoms with Crippen molar-refractivity contribution in [3.05, 3.63) is 11.5 Å². The first-order valence-corrected chi connectivity index (χ1v) is 7.02. The normalized spacial score (nSPS) is 37.6. The van der Waals surface area contributed by atoms with Crippen LogP contribution < -0.4 is 0 Å². The average Bonchev–Trinajstić information content (AvgIpc) is 2.46. The SMILES string of the molecule is CC1(C)OB(C2=CCC3(CCO3)CC2)OC1(C)C. The molecule has 1 unspecified atom stereocenters. The van der Waals surface area contributed by atoms with Gasteiger partial charge in [-0.1, -0.05) is 6.08 Å². The molecule has 3 aliphatic rings. The predicted octanol–water partition coefficient (Wildman–Crippen LogP) is 2.89. The fourth-order valence-corrected chi connectivity index (χ4v) is 2.85. The maximum Gasteiger partial charge on any atom is 0.490 e. The maximum absolute atomic E-state index is 6.09. The van der Waals surface area contributed by atoms with E-state index in [-0.39, 0.29) is 23.9 Å². The van der Waals surface area contributed by atoms with Gasteiger partial charge in [-0.2, -0.15) is 0 Å². The van der Waals surface area contributed by atoms with E-state index in [9.17, 15) is 0 Å². The van der Waals surface area contributed by atoms with Crippen molar-refractivity contribution in [3.63, 3.8) is 0 Å². The summed E-state index contributed by atoms with van der Waals surface area (Å²) in [6, 6.07) is 0. The highest BCUT2D eigenvalue weighted by atomic mass is 16.7. The van der Waals surface area contributed by atoms with Gasteiger partial charge in [0.1, 0.15) is 0 Å². The highest BCUT2D eigenvalue weighted by Gasteiger charge is 2.53. The molecule has 2 heterocycles. The highest BCUT2D eigenvalue weighted by Crippen LogP contribution is 2.44. The van der Waals surface area contributed by atoms with Gasteiger partial charge in [-0.15, -0.1) is 0 Å². The van der Waals surface area contributed by atoms with Crippen molar-refractivity contribution in [2.45, 2.75) is 70.2 Å². The van der Waals surface area contributed by atoms with E-state index < -0.39 is 0 Å². The molecule has 0 radical (unpaired) electrons. The van der Waals surface area contributed by atoms with Crippen LogP contribution in [0.15, 0.2) is 11.5 Å².